The maximum absolute atomic E-state index is 12.2. The van der Waals surface area contributed by atoms with Gasteiger partial charge in [0.1, 0.15) is 0 Å². The van der Waals surface area contributed by atoms with Crippen LogP contribution >= 0.6 is 58.0 Å². The second kappa shape index (κ2) is 7.59. The van der Waals surface area contributed by atoms with Crippen molar-refractivity contribution in [3.63, 3.8) is 0 Å². The average Bonchev–Trinajstić information content (AvgIpc) is 2.46. The van der Waals surface area contributed by atoms with E-state index in [1.165, 1.54) is 0 Å². The Bertz CT molecular complexity index is 752. The van der Waals surface area contributed by atoms with Crippen LogP contribution in [0.2, 0.25) is 10.0 Å². The Kier molecular flexibility index (Phi) is 6.02. The van der Waals surface area contributed by atoms with Crippen molar-refractivity contribution in [2.45, 2.75) is 6.92 Å². The molecular weight excluding hydrogens is 454 g/mol. The predicted molar refractivity (Wildman–Crippen MR) is 104 cm³/mol. The van der Waals surface area contributed by atoms with Gasteiger partial charge >= 0.3 is 0 Å². The summed E-state index contributed by atoms with van der Waals surface area (Å²) in [7, 11) is 0. The fraction of sp³-hybridized carbons (Fsp3) is 0.0667. The summed E-state index contributed by atoms with van der Waals surface area (Å²) in [5.74, 6) is -0.360. The Morgan fingerprint density at radius 1 is 1.18 bits per heavy atom. The minimum absolute atomic E-state index is 0.185. The second-order valence-corrected chi connectivity index (χ2v) is 6.91. The molecule has 0 aliphatic rings. The Morgan fingerprint density at radius 3 is 2.64 bits per heavy atom. The molecule has 0 atom stereocenters. The Balaban J connectivity index is 2.10. The van der Waals surface area contributed by atoms with E-state index in [1.54, 1.807) is 24.3 Å². The first-order valence-corrected chi connectivity index (χ1v) is 8.45. The summed E-state index contributed by atoms with van der Waals surface area (Å²) in [4.78, 5) is 12.2. The van der Waals surface area contributed by atoms with Crippen molar-refractivity contribution < 1.29 is 4.79 Å². The van der Waals surface area contributed by atoms with E-state index in [1.807, 2.05) is 19.1 Å². The summed E-state index contributed by atoms with van der Waals surface area (Å²) < 4.78 is 0.914. The summed E-state index contributed by atoms with van der Waals surface area (Å²) >= 11 is 19.4. The third-order valence-electron chi connectivity index (χ3n) is 2.92. The van der Waals surface area contributed by atoms with Crippen LogP contribution in [0.3, 0.4) is 0 Å². The first kappa shape index (κ1) is 17.5. The van der Waals surface area contributed by atoms with Crippen molar-refractivity contribution in [1.29, 1.82) is 0 Å². The molecule has 7 heteroatoms. The normalized spacial score (nSPS) is 10.2. The lowest BCUT2D eigenvalue weighted by molar-refractivity contribution is 0.0978. The standard InChI is InChI=1S/C15H11Cl2IN2OS/c1-8-11(16)3-2-4-13(8)19-15(22)20-14(21)10-7-9(18)5-6-12(10)17/h2-7H,1H3,(H2,19,20,21,22). The first-order valence-electron chi connectivity index (χ1n) is 6.21. The van der Waals surface area contributed by atoms with Gasteiger partial charge < -0.3 is 5.32 Å². The van der Waals surface area contributed by atoms with Crippen LogP contribution in [0.1, 0.15) is 15.9 Å². The number of rotatable bonds is 2. The minimum atomic E-state index is -0.360. The molecule has 0 fully saturated rings. The SMILES string of the molecule is Cc1c(Cl)cccc1NC(=S)NC(=O)c1cc(I)ccc1Cl. The molecule has 0 aromatic heterocycles. The van der Waals surface area contributed by atoms with Crippen LogP contribution in [0.15, 0.2) is 36.4 Å². The smallest absolute Gasteiger partial charge is 0.258 e. The van der Waals surface area contributed by atoms with E-state index in [4.69, 9.17) is 35.4 Å². The molecule has 2 aromatic rings. The van der Waals surface area contributed by atoms with E-state index in [2.05, 4.69) is 33.2 Å². The maximum atomic E-state index is 12.2. The highest BCUT2D eigenvalue weighted by molar-refractivity contribution is 14.1. The average molecular weight is 465 g/mol. The van der Waals surface area contributed by atoms with Crippen molar-refractivity contribution in [3.05, 3.63) is 61.1 Å². The highest BCUT2D eigenvalue weighted by Crippen LogP contribution is 2.23. The van der Waals surface area contributed by atoms with Crippen molar-refractivity contribution >= 4 is 74.7 Å². The van der Waals surface area contributed by atoms with Crippen LogP contribution in [0, 0.1) is 10.5 Å². The zero-order valence-corrected chi connectivity index (χ0v) is 15.9. The molecule has 0 spiro atoms. The summed E-state index contributed by atoms with van der Waals surface area (Å²) in [5, 5.41) is 6.75. The van der Waals surface area contributed by atoms with Crippen LogP contribution in [-0.4, -0.2) is 11.0 Å². The zero-order chi connectivity index (χ0) is 16.3. The van der Waals surface area contributed by atoms with Gasteiger partial charge in [-0.15, -0.1) is 0 Å². The molecule has 22 heavy (non-hydrogen) atoms. The number of carbonyl (C=O) groups is 1. The maximum Gasteiger partial charge on any atom is 0.258 e. The van der Waals surface area contributed by atoms with E-state index in [-0.39, 0.29) is 11.0 Å². The summed E-state index contributed by atoms with van der Waals surface area (Å²) in [5.41, 5.74) is 1.97. The van der Waals surface area contributed by atoms with E-state index >= 15 is 0 Å². The molecule has 2 N–H and O–H groups in total. The first-order chi connectivity index (χ1) is 10.4. The molecular formula is C15H11Cl2IN2OS. The van der Waals surface area contributed by atoms with Crippen molar-refractivity contribution in [3.8, 4) is 0 Å². The number of carbonyl (C=O) groups excluding carboxylic acids is 1. The van der Waals surface area contributed by atoms with Gasteiger partial charge in [-0.1, -0.05) is 29.3 Å². The third-order valence-corrected chi connectivity index (χ3v) is 4.53. The fourth-order valence-corrected chi connectivity index (χ4v) is 2.81. The summed E-state index contributed by atoms with van der Waals surface area (Å²) in [6.07, 6.45) is 0. The van der Waals surface area contributed by atoms with E-state index in [0.717, 1.165) is 14.8 Å². The van der Waals surface area contributed by atoms with E-state index in [9.17, 15) is 4.79 Å². The van der Waals surface area contributed by atoms with Crippen LogP contribution < -0.4 is 10.6 Å². The van der Waals surface area contributed by atoms with Gasteiger partial charge in [0.15, 0.2) is 5.11 Å². The van der Waals surface area contributed by atoms with Crippen LogP contribution in [0.4, 0.5) is 5.69 Å². The van der Waals surface area contributed by atoms with Gasteiger partial charge in [0.2, 0.25) is 0 Å². The highest BCUT2D eigenvalue weighted by atomic mass is 127. The number of amides is 1. The van der Waals surface area contributed by atoms with Gasteiger partial charge in [-0.05, 0) is 77.6 Å². The minimum Gasteiger partial charge on any atom is -0.332 e. The summed E-state index contributed by atoms with van der Waals surface area (Å²) in [6.45, 7) is 1.87. The summed E-state index contributed by atoms with van der Waals surface area (Å²) in [6, 6.07) is 10.6. The Labute approximate surface area is 157 Å². The van der Waals surface area contributed by atoms with Crippen LogP contribution in [0.25, 0.3) is 0 Å². The molecule has 1 amide bonds. The third kappa shape index (κ3) is 4.32. The number of hydrogen-bond acceptors (Lipinski definition) is 2. The van der Waals surface area contributed by atoms with Gasteiger partial charge in [-0.25, -0.2) is 0 Å². The van der Waals surface area contributed by atoms with E-state index < -0.39 is 0 Å². The topological polar surface area (TPSA) is 41.1 Å². The number of thiocarbonyl (C=S) groups is 1. The molecule has 0 saturated carbocycles. The quantitative estimate of drug-likeness (QED) is 0.483. The number of nitrogens with one attached hydrogen (secondary N) is 2. The monoisotopic (exact) mass is 464 g/mol. The second-order valence-electron chi connectivity index (χ2n) is 4.44. The molecule has 0 bridgehead atoms. The van der Waals surface area contributed by atoms with Gasteiger partial charge in [0.05, 0.1) is 10.6 Å². The largest absolute Gasteiger partial charge is 0.332 e. The molecule has 0 radical (unpaired) electrons. The van der Waals surface area contributed by atoms with Crippen molar-refractivity contribution in [1.82, 2.24) is 5.32 Å². The fourth-order valence-electron chi connectivity index (χ4n) is 1.74. The Hall–Kier alpha value is -0.890. The molecule has 0 aliphatic carbocycles. The zero-order valence-electron chi connectivity index (χ0n) is 11.4. The van der Waals surface area contributed by atoms with Gasteiger partial charge in [-0.3, -0.25) is 10.1 Å². The number of hydrogen-bond donors (Lipinski definition) is 2. The number of benzene rings is 2. The van der Waals surface area contributed by atoms with Crippen LogP contribution in [-0.2, 0) is 0 Å². The van der Waals surface area contributed by atoms with E-state index in [0.29, 0.717) is 15.6 Å². The Morgan fingerprint density at radius 2 is 1.91 bits per heavy atom. The van der Waals surface area contributed by atoms with Crippen LogP contribution in [0.5, 0.6) is 0 Å². The molecule has 2 rings (SSSR count). The van der Waals surface area contributed by atoms with Crippen molar-refractivity contribution in [2.75, 3.05) is 5.32 Å². The lowest BCUT2D eigenvalue weighted by Crippen LogP contribution is -2.34. The molecule has 114 valence electrons. The molecule has 3 nitrogen and oxygen atoms in total. The molecule has 0 unspecified atom stereocenters. The van der Waals surface area contributed by atoms with Crippen molar-refractivity contribution in [2.24, 2.45) is 0 Å². The lowest BCUT2D eigenvalue weighted by atomic mass is 10.2. The molecule has 0 aliphatic heterocycles. The van der Waals surface area contributed by atoms with Gasteiger partial charge in [-0.2, -0.15) is 0 Å². The number of halogens is 3. The number of anilines is 1. The van der Waals surface area contributed by atoms with Gasteiger partial charge in [0.25, 0.3) is 5.91 Å². The highest BCUT2D eigenvalue weighted by Gasteiger charge is 2.13. The predicted octanol–water partition coefficient (Wildman–Crippen LogP) is 5.03. The van der Waals surface area contributed by atoms with Gasteiger partial charge in [0, 0.05) is 14.3 Å². The molecule has 0 saturated heterocycles. The lowest BCUT2D eigenvalue weighted by Gasteiger charge is -2.13. The molecule has 0 heterocycles. The molecule has 2 aromatic carbocycles.